The molecule has 1 amide bonds. The third-order valence-corrected chi connectivity index (χ3v) is 5.97. The normalized spacial score (nSPS) is 18.2. The Labute approximate surface area is 214 Å². The van der Waals surface area contributed by atoms with E-state index in [1.165, 1.54) is 0 Å². The maximum atomic E-state index is 12.3. The van der Waals surface area contributed by atoms with Crippen LogP contribution >= 0.6 is 0 Å². The van der Waals surface area contributed by atoms with Gasteiger partial charge in [-0.05, 0) is 68.4 Å². The number of phenols is 1. The number of carbonyl (C=O) groups excluding carboxylic acids is 1. The molecular formula is C27H40N6O3. The van der Waals surface area contributed by atoms with Crippen molar-refractivity contribution in [2.24, 2.45) is 0 Å². The van der Waals surface area contributed by atoms with Crippen molar-refractivity contribution in [3.63, 3.8) is 0 Å². The Bertz CT molecular complexity index is 941. The van der Waals surface area contributed by atoms with Crippen LogP contribution < -0.4 is 26.6 Å². The number of phenolic OH excluding ortho intramolecular Hbond substituents is 1. The van der Waals surface area contributed by atoms with Crippen molar-refractivity contribution >= 4 is 12.0 Å². The van der Waals surface area contributed by atoms with E-state index in [4.69, 9.17) is 4.74 Å². The van der Waals surface area contributed by atoms with Gasteiger partial charge in [0, 0.05) is 44.3 Å². The molecule has 2 aromatic rings. The fourth-order valence-electron chi connectivity index (χ4n) is 4.02. The van der Waals surface area contributed by atoms with E-state index in [1.807, 2.05) is 30.3 Å². The van der Waals surface area contributed by atoms with Crippen LogP contribution in [0, 0.1) is 0 Å². The lowest BCUT2D eigenvalue weighted by atomic mass is 9.99. The second kappa shape index (κ2) is 16.0. The predicted molar refractivity (Wildman–Crippen MR) is 143 cm³/mol. The molecule has 1 atom stereocenters. The van der Waals surface area contributed by atoms with E-state index in [9.17, 15) is 9.90 Å². The molecule has 0 bridgehead atoms. The lowest BCUT2D eigenvalue weighted by Crippen LogP contribution is -2.36. The molecule has 1 aliphatic rings. The molecule has 1 unspecified atom stereocenters. The fraction of sp³-hybridized carbons (Fsp3) is 0.481. The smallest absolute Gasteiger partial charge is 0.246 e. The van der Waals surface area contributed by atoms with E-state index in [-0.39, 0.29) is 30.9 Å². The summed E-state index contributed by atoms with van der Waals surface area (Å²) >= 11 is 0. The molecule has 3 rings (SSSR count). The van der Waals surface area contributed by atoms with Crippen molar-refractivity contribution in [1.82, 2.24) is 31.6 Å². The molecule has 0 spiro atoms. The highest BCUT2D eigenvalue weighted by Crippen LogP contribution is 2.27. The van der Waals surface area contributed by atoms with E-state index in [1.54, 1.807) is 12.1 Å². The number of rotatable bonds is 8. The van der Waals surface area contributed by atoms with Gasteiger partial charge in [-0.3, -0.25) is 9.78 Å². The summed E-state index contributed by atoms with van der Waals surface area (Å²) < 4.78 is 5.51. The number of benzene rings is 1. The highest BCUT2D eigenvalue weighted by molar-refractivity contribution is 5.77. The van der Waals surface area contributed by atoms with Crippen LogP contribution in [0.4, 0.5) is 0 Å². The number of nitrogens with one attached hydrogen (secondary N) is 5. The van der Waals surface area contributed by atoms with E-state index in [2.05, 4.69) is 38.1 Å². The zero-order chi connectivity index (χ0) is 25.4. The molecule has 2 heterocycles. The van der Waals surface area contributed by atoms with E-state index < -0.39 is 0 Å². The number of aromatic hydroxyl groups is 1. The number of aromatic nitrogens is 1. The van der Waals surface area contributed by atoms with E-state index in [0.29, 0.717) is 6.54 Å². The minimum Gasteiger partial charge on any atom is -0.508 e. The summed E-state index contributed by atoms with van der Waals surface area (Å²) in [5.41, 5.74) is 3.29. The number of nitrogens with zero attached hydrogens (tertiary/aromatic N) is 1. The molecule has 196 valence electrons. The lowest BCUT2D eigenvalue weighted by Gasteiger charge is -2.22. The molecule has 1 aliphatic heterocycles. The highest BCUT2D eigenvalue weighted by Gasteiger charge is 2.16. The molecule has 9 nitrogen and oxygen atoms in total. The maximum Gasteiger partial charge on any atom is 0.246 e. The van der Waals surface area contributed by atoms with Gasteiger partial charge in [-0.1, -0.05) is 18.7 Å². The summed E-state index contributed by atoms with van der Waals surface area (Å²) in [6.07, 6.45) is 3.62. The van der Waals surface area contributed by atoms with E-state index in [0.717, 1.165) is 81.2 Å². The zero-order valence-electron chi connectivity index (χ0n) is 21.0. The molecule has 0 radical (unpaired) electrons. The largest absolute Gasteiger partial charge is 0.508 e. The van der Waals surface area contributed by atoms with Gasteiger partial charge in [0.2, 0.25) is 5.91 Å². The van der Waals surface area contributed by atoms with Gasteiger partial charge < -0.3 is 36.4 Å². The first kappa shape index (κ1) is 27.8. The van der Waals surface area contributed by atoms with Gasteiger partial charge in [-0.15, -0.1) is 0 Å². The molecule has 1 fully saturated rings. The second-order valence-electron chi connectivity index (χ2n) is 8.82. The van der Waals surface area contributed by atoms with Gasteiger partial charge in [0.05, 0.1) is 18.0 Å². The van der Waals surface area contributed by atoms with Crippen LogP contribution in [0.3, 0.4) is 0 Å². The summed E-state index contributed by atoms with van der Waals surface area (Å²) in [6, 6.07) is 11.1. The summed E-state index contributed by atoms with van der Waals surface area (Å²) in [5, 5.41) is 27.4. The minimum atomic E-state index is -0.204. The first-order valence-electron chi connectivity index (χ1n) is 12.8. The van der Waals surface area contributed by atoms with Gasteiger partial charge in [0.15, 0.2) is 0 Å². The second-order valence-corrected chi connectivity index (χ2v) is 8.82. The van der Waals surface area contributed by atoms with Crippen molar-refractivity contribution in [1.29, 1.82) is 0 Å². The van der Waals surface area contributed by atoms with Gasteiger partial charge >= 0.3 is 0 Å². The third-order valence-electron chi connectivity index (χ3n) is 5.97. The van der Waals surface area contributed by atoms with Gasteiger partial charge in [-0.2, -0.15) is 0 Å². The van der Waals surface area contributed by atoms with Gasteiger partial charge in [0.25, 0.3) is 0 Å². The molecule has 9 heteroatoms. The third kappa shape index (κ3) is 10.0. The number of carbonyl (C=O) groups is 1. The Kier molecular flexibility index (Phi) is 12.4. The molecule has 1 aromatic heterocycles. The molecule has 0 saturated carbocycles. The van der Waals surface area contributed by atoms with Gasteiger partial charge in [0.1, 0.15) is 12.4 Å². The molecule has 1 saturated heterocycles. The average molecular weight is 497 g/mol. The van der Waals surface area contributed by atoms with Crippen LogP contribution in [0.5, 0.6) is 5.75 Å². The van der Waals surface area contributed by atoms with Crippen LogP contribution in [0.25, 0.3) is 6.08 Å². The average Bonchev–Trinajstić information content (AvgIpc) is 2.89. The number of hydrogen-bond acceptors (Lipinski definition) is 8. The van der Waals surface area contributed by atoms with Crippen LogP contribution in [0.15, 0.2) is 43.0 Å². The summed E-state index contributed by atoms with van der Waals surface area (Å²) in [7, 11) is 0. The SMILES string of the molecule is C=Cc1cccc(COCC(=O)NCc2ccc(O)c(C3CCNCCNCCCNCCN3)c2)n1. The lowest BCUT2D eigenvalue weighted by molar-refractivity contribution is -0.126. The molecular weight excluding hydrogens is 456 g/mol. The Morgan fingerprint density at radius 1 is 1.08 bits per heavy atom. The minimum absolute atomic E-state index is 0.00742. The monoisotopic (exact) mass is 496 g/mol. The van der Waals surface area contributed by atoms with Gasteiger partial charge in [-0.25, -0.2) is 0 Å². The van der Waals surface area contributed by atoms with Crippen molar-refractivity contribution in [3.8, 4) is 5.75 Å². The Morgan fingerprint density at radius 3 is 2.67 bits per heavy atom. The Balaban J connectivity index is 1.50. The van der Waals surface area contributed by atoms with Crippen molar-refractivity contribution in [2.45, 2.75) is 32.0 Å². The summed E-state index contributed by atoms with van der Waals surface area (Å²) in [6.45, 7) is 10.6. The van der Waals surface area contributed by atoms with Crippen LogP contribution in [-0.2, 0) is 22.7 Å². The molecule has 0 aliphatic carbocycles. The molecule has 1 aromatic carbocycles. The topological polar surface area (TPSA) is 120 Å². The van der Waals surface area contributed by atoms with Crippen molar-refractivity contribution in [2.75, 3.05) is 52.4 Å². The van der Waals surface area contributed by atoms with E-state index >= 15 is 0 Å². The van der Waals surface area contributed by atoms with Crippen LogP contribution in [0.1, 0.15) is 41.4 Å². The zero-order valence-corrected chi connectivity index (χ0v) is 21.0. The van der Waals surface area contributed by atoms with Crippen molar-refractivity contribution in [3.05, 3.63) is 65.5 Å². The standard InChI is InChI=1S/C27H40N6O3/c1-2-22-5-3-6-23(33-22)19-36-20-27(35)32-18-21-7-8-26(34)24(17-21)25-9-12-30-14-13-28-10-4-11-29-15-16-31-25/h2-3,5-8,17,25,28-31,34H,1,4,9-16,18-20H2,(H,32,35). The number of hydrogen-bond donors (Lipinski definition) is 6. The number of pyridine rings is 1. The maximum absolute atomic E-state index is 12.3. The predicted octanol–water partition coefficient (Wildman–Crippen LogP) is 1.46. The van der Waals surface area contributed by atoms with Crippen LogP contribution in [-0.4, -0.2) is 68.4 Å². The summed E-state index contributed by atoms with van der Waals surface area (Å²) in [4.78, 5) is 16.7. The first-order valence-corrected chi connectivity index (χ1v) is 12.8. The fourth-order valence-corrected chi connectivity index (χ4v) is 4.02. The Morgan fingerprint density at radius 2 is 1.86 bits per heavy atom. The van der Waals surface area contributed by atoms with Crippen LogP contribution in [0.2, 0.25) is 0 Å². The Hall–Kier alpha value is -2.82. The quantitative estimate of drug-likeness (QED) is 0.325. The number of ether oxygens (including phenoxy) is 1. The molecule has 6 N–H and O–H groups in total. The summed E-state index contributed by atoms with van der Waals surface area (Å²) in [5.74, 6) is 0.0559. The first-order chi connectivity index (χ1) is 17.7. The van der Waals surface area contributed by atoms with Crippen molar-refractivity contribution < 1.29 is 14.6 Å². The molecule has 36 heavy (non-hydrogen) atoms. The highest BCUT2D eigenvalue weighted by atomic mass is 16.5. The number of amides is 1.